The SMILES string of the molecule is COc1ccc([C@@H](CCN2CC[C@@H]3CC[C@@H](C3)C2)c2ccccc2)cc1. The van der Waals surface area contributed by atoms with Gasteiger partial charge in [0.25, 0.3) is 0 Å². The first-order valence-electron chi connectivity index (χ1n) is 10.2. The van der Waals surface area contributed by atoms with E-state index in [4.69, 9.17) is 4.74 Å². The van der Waals surface area contributed by atoms with E-state index in [1.807, 2.05) is 0 Å². The summed E-state index contributed by atoms with van der Waals surface area (Å²) < 4.78 is 5.34. The normalized spacial score (nSPS) is 24.2. The molecule has 3 atom stereocenters. The summed E-state index contributed by atoms with van der Waals surface area (Å²) in [4.78, 5) is 2.74. The van der Waals surface area contributed by atoms with Crippen molar-refractivity contribution in [2.45, 2.75) is 38.0 Å². The van der Waals surface area contributed by atoms with Gasteiger partial charge in [0.2, 0.25) is 0 Å². The number of fused-ring (bicyclic) bond motifs is 2. The Balaban J connectivity index is 1.47. The average molecular weight is 350 g/mol. The van der Waals surface area contributed by atoms with Crippen LogP contribution in [0.4, 0.5) is 0 Å². The van der Waals surface area contributed by atoms with Crippen LogP contribution in [-0.4, -0.2) is 31.6 Å². The van der Waals surface area contributed by atoms with Gasteiger partial charge in [0.15, 0.2) is 0 Å². The zero-order chi connectivity index (χ0) is 17.8. The Bertz CT molecular complexity index is 681. The molecule has 1 saturated heterocycles. The van der Waals surface area contributed by atoms with Crippen LogP contribution < -0.4 is 4.74 Å². The Labute approximate surface area is 158 Å². The molecule has 2 aromatic carbocycles. The molecule has 0 spiro atoms. The first kappa shape index (κ1) is 17.6. The first-order valence-corrected chi connectivity index (χ1v) is 10.2. The predicted octanol–water partition coefficient (Wildman–Crippen LogP) is 5.34. The number of nitrogens with zero attached hydrogens (tertiary/aromatic N) is 1. The van der Waals surface area contributed by atoms with Crippen LogP contribution in [0.2, 0.25) is 0 Å². The lowest BCUT2D eigenvalue weighted by atomic mass is 9.88. The van der Waals surface area contributed by atoms with Crippen molar-refractivity contribution in [2.24, 2.45) is 11.8 Å². The molecule has 2 aromatic rings. The van der Waals surface area contributed by atoms with Crippen molar-refractivity contribution in [2.75, 3.05) is 26.7 Å². The number of benzene rings is 2. The molecule has 2 aliphatic rings. The van der Waals surface area contributed by atoms with Gasteiger partial charge in [-0.2, -0.15) is 0 Å². The van der Waals surface area contributed by atoms with E-state index in [2.05, 4.69) is 59.5 Å². The first-order chi connectivity index (χ1) is 12.8. The molecule has 2 heteroatoms. The summed E-state index contributed by atoms with van der Waals surface area (Å²) >= 11 is 0. The lowest BCUT2D eigenvalue weighted by Crippen LogP contribution is -2.31. The summed E-state index contributed by atoms with van der Waals surface area (Å²) in [6, 6.07) is 19.7. The zero-order valence-electron chi connectivity index (χ0n) is 15.9. The Hall–Kier alpha value is -1.80. The minimum atomic E-state index is 0.461. The molecule has 2 nitrogen and oxygen atoms in total. The molecule has 4 rings (SSSR count). The second-order valence-electron chi connectivity index (χ2n) is 8.16. The van der Waals surface area contributed by atoms with Gasteiger partial charge in [0, 0.05) is 12.5 Å². The van der Waals surface area contributed by atoms with Crippen molar-refractivity contribution in [3.8, 4) is 5.75 Å². The minimum Gasteiger partial charge on any atom is -0.497 e. The van der Waals surface area contributed by atoms with E-state index in [9.17, 15) is 0 Å². The fraction of sp³-hybridized carbons (Fsp3) is 0.500. The van der Waals surface area contributed by atoms with Gasteiger partial charge >= 0.3 is 0 Å². The molecule has 1 aliphatic heterocycles. The monoisotopic (exact) mass is 349 g/mol. The molecule has 0 N–H and O–H groups in total. The van der Waals surface area contributed by atoms with E-state index in [0.29, 0.717) is 5.92 Å². The van der Waals surface area contributed by atoms with Crippen LogP contribution in [0.3, 0.4) is 0 Å². The van der Waals surface area contributed by atoms with Gasteiger partial charge in [-0.05, 0) is 73.9 Å². The van der Waals surface area contributed by atoms with Gasteiger partial charge in [0.1, 0.15) is 5.75 Å². The maximum absolute atomic E-state index is 5.34. The van der Waals surface area contributed by atoms with Crippen molar-refractivity contribution in [1.82, 2.24) is 4.90 Å². The van der Waals surface area contributed by atoms with Crippen molar-refractivity contribution in [1.29, 1.82) is 0 Å². The van der Waals surface area contributed by atoms with Gasteiger partial charge < -0.3 is 9.64 Å². The molecular weight excluding hydrogens is 318 g/mol. The second-order valence-corrected chi connectivity index (χ2v) is 8.16. The highest BCUT2D eigenvalue weighted by Gasteiger charge is 2.30. The Morgan fingerprint density at radius 3 is 2.42 bits per heavy atom. The Kier molecular flexibility index (Phi) is 5.59. The van der Waals surface area contributed by atoms with E-state index in [0.717, 1.165) is 17.6 Å². The molecular formula is C24H31NO. The topological polar surface area (TPSA) is 12.5 Å². The molecule has 1 aliphatic carbocycles. The molecule has 0 unspecified atom stereocenters. The third-order valence-electron chi connectivity index (χ3n) is 6.47. The highest BCUT2D eigenvalue weighted by molar-refractivity contribution is 5.36. The van der Waals surface area contributed by atoms with Crippen LogP contribution in [0, 0.1) is 11.8 Å². The average Bonchev–Trinajstić information content (AvgIpc) is 3.04. The molecule has 26 heavy (non-hydrogen) atoms. The number of ether oxygens (including phenoxy) is 1. The highest BCUT2D eigenvalue weighted by atomic mass is 16.5. The summed E-state index contributed by atoms with van der Waals surface area (Å²) in [6.45, 7) is 3.82. The van der Waals surface area contributed by atoms with Crippen LogP contribution in [0.5, 0.6) is 5.75 Å². The predicted molar refractivity (Wildman–Crippen MR) is 108 cm³/mol. The van der Waals surface area contributed by atoms with Crippen LogP contribution in [0.15, 0.2) is 54.6 Å². The lowest BCUT2D eigenvalue weighted by Gasteiger charge is -2.27. The van der Waals surface area contributed by atoms with E-state index >= 15 is 0 Å². The van der Waals surface area contributed by atoms with E-state index in [1.165, 1.54) is 62.9 Å². The van der Waals surface area contributed by atoms with Gasteiger partial charge in [-0.1, -0.05) is 48.9 Å². The molecule has 2 bridgehead atoms. The fourth-order valence-electron chi connectivity index (χ4n) is 4.99. The van der Waals surface area contributed by atoms with Crippen molar-refractivity contribution >= 4 is 0 Å². The molecule has 0 radical (unpaired) electrons. The van der Waals surface area contributed by atoms with E-state index in [1.54, 1.807) is 7.11 Å². The van der Waals surface area contributed by atoms with Crippen molar-refractivity contribution in [3.63, 3.8) is 0 Å². The van der Waals surface area contributed by atoms with Gasteiger partial charge in [-0.3, -0.25) is 0 Å². The summed E-state index contributed by atoms with van der Waals surface area (Å²) in [5, 5.41) is 0. The molecule has 1 saturated carbocycles. The summed E-state index contributed by atoms with van der Waals surface area (Å²) in [6.07, 6.45) is 7.03. The maximum atomic E-state index is 5.34. The number of hydrogen-bond acceptors (Lipinski definition) is 2. The highest BCUT2D eigenvalue weighted by Crippen LogP contribution is 2.37. The third-order valence-corrected chi connectivity index (χ3v) is 6.47. The van der Waals surface area contributed by atoms with Crippen molar-refractivity contribution < 1.29 is 4.74 Å². The maximum Gasteiger partial charge on any atom is 0.118 e. The third kappa shape index (κ3) is 4.12. The quantitative estimate of drug-likeness (QED) is 0.698. The summed E-state index contributed by atoms with van der Waals surface area (Å²) in [5.74, 6) is 3.36. The Morgan fingerprint density at radius 1 is 0.923 bits per heavy atom. The van der Waals surface area contributed by atoms with Crippen LogP contribution in [0.25, 0.3) is 0 Å². The van der Waals surface area contributed by atoms with Crippen LogP contribution >= 0.6 is 0 Å². The second kappa shape index (κ2) is 8.26. The van der Waals surface area contributed by atoms with Gasteiger partial charge in [-0.25, -0.2) is 0 Å². The van der Waals surface area contributed by atoms with Gasteiger partial charge in [-0.15, -0.1) is 0 Å². The molecule has 2 fully saturated rings. The van der Waals surface area contributed by atoms with E-state index < -0.39 is 0 Å². The molecule has 0 aromatic heterocycles. The van der Waals surface area contributed by atoms with Crippen LogP contribution in [-0.2, 0) is 0 Å². The largest absolute Gasteiger partial charge is 0.497 e. The van der Waals surface area contributed by atoms with Crippen LogP contribution in [0.1, 0.15) is 49.1 Å². The fourth-order valence-corrected chi connectivity index (χ4v) is 4.99. The number of hydrogen-bond donors (Lipinski definition) is 0. The lowest BCUT2D eigenvalue weighted by molar-refractivity contribution is 0.231. The van der Waals surface area contributed by atoms with Crippen molar-refractivity contribution in [3.05, 3.63) is 65.7 Å². The number of methoxy groups -OCH3 is 1. The molecule has 138 valence electrons. The van der Waals surface area contributed by atoms with E-state index in [-0.39, 0.29) is 0 Å². The summed E-state index contributed by atoms with van der Waals surface area (Å²) in [7, 11) is 1.73. The van der Waals surface area contributed by atoms with Gasteiger partial charge in [0.05, 0.1) is 7.11 Å². The molecule has 1 heterocycles. The Morgan fingerprint density at radius 2 is 1.65 bits per heavy atom. The number of rotatable bonds is 6. The number of likely N-dealkylation sites (tertiary alicyclic amines) is 1. The molecule has 0 amide bonds. The minimum absolute atomic E-state index is 0.461. The standard InChI is InChI=1S/C24H31NO/c1-26-23-11-9-22(10-12-23)24(21-5-3-2-4-6-21)14-16-25-15-13-19-7-8-20(17-19)18-25/h2-6,9-12,19-20,24H,7-8,13-18H2,1H3/t19-,20-,24-/m0/s1. The zero-order valence-corrected chi connectivity index (χ0v) is 15.9. The summed E-state index contributed by atoms with van der Waals surface area (Å²) in [5.41, 5.74) is 2.82. The smallest absolute Gasteiger partial charge is 0.118 e.